The molecular formula is K2O4Ru. The van der Waals surface area contributed by atoms with Crippen LogP contribution in [-0.2, 0) is 22.5 Å². The summed E-state index contributed by atoms with van der Waals surface area (Å²) in [6, 6.07) is 0. The number of hydrogen-bond donors (Lipinski definition) is 0. The zero-order chi connectivity index (χ0) is 4.50. The molecule has 0 bridgehead atoms. The van der Waals surface area contributed by atoms with Gasteiger partial charge in [0.1, 0.15) is 0 Å². The van der Waals surface area contributed by atoms with Gasteiger partial charge in [0.25, 0.3) is 0 Å². The topological polar surface area (TPSA) is 80.3 Å². The molecule has 0 rings (SSSR count). The number of rotatable bonds is 0. The monoisotopic (exact) mass is 244 g/mol. The Balaban J connectivity index is -0.0000000800. The molecule has 0 fully saturated rings. The van der Waals surface area contributed by atoms with Crippen LogP contribution in [0, 0.1) is 0 Å². The van der Waals surface area contributed by atoms with Gasteiger partial charge in [-0.05, 0) is 0 Å². The van der Waals surface area contributed by atoms with Crippen molar-refractivity contribution in [3.05, 3.63) is 0 Å². The predicted molar refractivity (Wildman–Crippen MR) is 1.37 cm³/mol. The van der Waals surface area contributed by atoms with Crippen molar-refractivity contribution in [2.24, 2.45) is 0 Å². The summed E-state index contributed by atoms with van der Waals surface area (Å²) < 4.78 is 34.4. The van der Waals surface area contributed by atoms with E-state index in [4.69, 9.17) is 15.0 Å². The van der Waals surface area contributed by atoms with Gasteiger partial charge in [-0.25, -0.2) is 0 Å². The van der Waals surface area contributed by atoms with Crippen molar-refractivity contribution in [1.82, 2.24) is 0 Å². The first-order chi connectivity index (χ1) is 2.00. The third-order valence-electron chi connectivity index (χ3n) is 0. The molecule has 0 aromatic carbocycles. The minimum absolute atomic E-state index is 0. The Morgan fingerprint density at radius 2 is 1.00 bits per heavy atom. The summed E-state index contributed by atoms with van der Waals surface area (Å²) in [6.45, 7) is 0. The van der Waals surface area contributed by atoms with Gasteiger partial charge in [0.2, 0.25) is 0 Å². The first-order valence-corrected chi connectivity index (χ1v) is 3.42. The zero-order valence-electron chi connectivity index (χ0n) is 3.99. The third-order valence-corrected chi connectivity index (χ3v) is 0. The van der Waals surface area contributed by atoms with Crippen molar-refractivity contribution >= 4 is 0 Å². The standard InChI is InChI=1S/2K.4O.Ru/q2*+1;;;2*-1;. The molecule has 0 saturated heterocycles. The van der Waals surface area contributed by atoms with E-state index in [-0.39, 0.29) is 103 Å². The minimum atomic E-state index is -5.86. The molecule has 34 valence electrons. The average Bonchev–Trinajstić information content (AvgIpc) is 0.722. The Morgan fingerprint density at radius 1 is 1.00 bits per heavy atom. The van der Waals surface area contributed by atoms with Crippen molar-refractivity contribution in [2.45, 2.75) is 0 Å². The van der Waals surface area contributed by atoms with Crippen LogP contribution in [-0.4, -0.2) is 0 Å². The molecule has 0 N–H and O–H groups in total. The van der Waals surface area contributed by atoms with E-state index in [1.807, 2.05) is 0 Å². The van der Waals surface area contributed by atoms with Crippen molar-refractivity contribution in [3.63, 3.8) is 0 Å². The van der Waals surface area contributed by atoms with Gasteiger partial charge < -0.3 is 0 Å². The molecule has 0 atom stereocenters. The fourth-order valence-corrected chi connectivity index (χ4v) is 0. The molecule has 0 aromatic heterocycles. The molecule has 0 saturated carbocycles. The molecule has 0 amide bonds. The molecule has 0 aliphatic rings. The second kappa shape index (κ2) is 7.52. The zero-order valence-corrected chi connectivity index (χ0v) is 12.0. The Bertz CT molecular complexity index is 92.9. The predicted octanol–water partition coefficient (Wildman–Crippen LogP) is -8.61. The molecule has 0 aliphatic heterocycles. The van der Waals surface area contributed by atoms with Gasteiger partial charge in [-0.3, -0.25) is 0 Å². The van der Waals surface area contributed by atoms with E-state index >= 15 is 0 Å². The maximum absolute atomic E-state index is 8.61. The van der Waals surface area contributed by atoms with Crippen LogP contribution < -0.4 is 111 Å². The van der Waals surface area contributed by atoms with Crippen LogP contribution >= 0.6 is 0 Å². The summed E-state index contributed by atoms with van der Waals surface area (Å²) in [5.41, 5.74) is 0. The summed E-state index contributed by atoms with van der Waals surface area (Å²) in [6.07, 6.45) is 0. The maximum atomic E-state index is 8.61. The summed E-state index contributed by atoms with van der Waals surface area (Å²) in [7, 11) is 0. The van der Waals surface area contributed by atoms with Gasteiger partial charge in [-0.1, -0.05) is 0 Å². The molecule has 0 spiro atoms. The van der Waals surface area contributed by atoms with Crippen molar-refractivity contribution in [2.75, 3.05) is 0 Å². The van der Waals surface area contributed by atoms with Gasteiger partial charge in [0.05, 0.1) is 0 Å². The summed E-state index contributed by atoms with van der Waals surface area (Å²) >= 11 is -5.86. The second-order valence-electron chi connectivity index (χ2n) is 0.354. The van der Waals surface area contributed by atoms with Gasteiger partial charge in [0.15, 0.2) is 0 Å². The summed E-state index contributed by atoms with van der Waals surface area (Å²) in [4.78, 5) is 0. The first kappa shape index (κ1) is 16.8. The van der Waals surface area contributed by atoms with E-state index in [1.165, 1.54) is 0 Å². The average molecular weight is 243 g/mol. The molecule has 0 heterocycles. The van der Waals surface area contributed by atoms with Gasteiger partial charge in [-0.15, -0.1) is 0 Å². The van der Waals surface area contributed by atoms with Gasteiger partial charge in [-0.2, -0.15) is 0 Å². The van der Waals surface area contributed by atoms with Crippen LogP contribution in [0.2, 0.25) is 0 Å². The third kappa shape index (κ3) is 44.4. The Hall–Kier alpha value is 3.42. The van der Waals surface area contributed by atoms with E-state index in [2.05, 4.69) is 0 Å². The molecule has 7 heteroatoms. The van der Waals surface area contributed by atoms with Crippen LogP contribution in [0.1, 0.15) is 0 Å². The van der Waals surface area contributed by atoms with E-state index in [0.29, 0.717) is 0 Å². The van der Waals surface area contributed by atoms with Crippen LogP contribution in [0.25, 0.3) is 0 Å². The molecular weight excluding hydrogens is 243 g/mol. The fraction of sp³-hybridized carbons (Fsp3) is 0. The molecule has 0 radical (unpaired) electrons. The van der Waals surface area contributed by atoms with Crippen LogP contribution in [0.3, 0.4) is 0 Å². The second-order valence-corrected chi connectivity index (χ2v) is 2.09. The fourth-order valence-electron chi connectivity index (χ4n) is 0. The van der Waals surface area contributed by atoms with E-state index in [0.717, 1.165) is 0 Å². The number of hydrogen-bond acceptors (Lipinski definition) is 4. The van der Waals surface area contributed by atoms with Crippen LogP contribution in [0.4, 0.5) is 0 Å². The van der Waals surface area contributed by atoms with E-state index in [1.54, 1.807) is 0 Å². The van der Waals surface area contributed by atoms with Gasteiger partial charge in [0, 0.05) is 0 Å². The van der Waals surface area contributed by atoms with Gasteiger partial charge >= 0.3 is 133 Å². The summed E-state index contributed by atoms with van der Waals surface area (Å²) in [5.74, 6) is 0. The molecule has 7 heavy (non-hydrogen) atoms. The van der Waals surface area contributed by atoms with Crippen LogP contribution in [0.5, 0.6) is 0 Å². The van der Waals surface area contributed by atoms with Crippen molar-refractivity contribution in [3.8, 4) is 0 Å². The molecule has 0 aliphatic carbocycles. The van der Waals surface area contributed by atoms with E-state index < -0.39 is 15.4 Å². The Morgan fingerprint density at radius 3 is 1.00 bits per heavy atom. The normalized spacial score (nSPS) is 10.6. The SMILES string of the molecule is [K+].[K+].[O]=[Ru](=[O])([O-])[O-]. The van der Waals surface area contributed by atoms with Crippen molar-refractivity contribution < 1.29 is 133 Å². The summed E-state index contributed by atoms with van der Waals surface area (Å²) in [5, 5.41) is 0. The first-order valence-electron chi connectivity index (χ1n) is 0.577. The Labute approximate surface area is 129 Å². The molecule has 0 aromatic rings. The van der Waals surface area contributed by atoms with Crippen LogP contribution in [0.15, 0.2) is 0 Å². The Kier molecular flexibility index (Phi) is 18.0. The van der Waals surface area contributed by atoms with E-state index in [9.17, 15) is 0 Å². The van der Waals surface area contributed by atoms with Crippen molar-refractivity contribution in [1.29, 1.82) is 0 Å². The molecule has 0 unspecified atom stereocenters. The molecule has 4 nitrogen and oxygen atoms in total. The quantitative estimate of drug-likeness (QED) is 0.396.